The van der Waals surface area contributed by atoms with Gasteiger partial charge in [0.2, 0.25) is 23.6 Å². The van der Waals surface area contributed by atoms with E-state index < -0.39 is 285 Å². The lowest BCUT2D eigenvalue weighted by molar-refractivity contribution is -0.389. The second-order valence-corrected chi connectivity index (χ2v) is 22.5. The number of hydrogen-bond donors (Lipinski definition) is 23. The van der Waals surface area contributed by atoms with E-state index in [1.54, 1.807) is 0 Å². The van der Waals surface area contributed by atoms with E-state index in [9.17, 15) is 116 Å². The largest absolute Gasteiger partial charge is 0.394 e. The summed E-state index contributed by atoms with van der Waals surface area (Å²) in [4.78, 5) is 49.7. The fourth-order valence-corrected chi connectivity index (χ4v) is 11.5. The quantitative estimate of drug-likeness (QED) is 0.0452. The zero-order valence-corrected chi connectivity index (χ0v) is 48.6. The van der Waals surface area contributed by atoms with Gasteiger partial charge in [0.25, 0.3) is 0 Å². The van der Waals surface area contributed by atoms with Crippen molar-refractivity contribution >= 4 is 23.6 Å². The third kappa shape index (κ3) is 16.4. The van der Waals surface area contributed by atoms with E-state index in [2.05, 4.69) is 21.3 Å². The van der Waals surface area contributed by atoms with Crippen molar-refractivity contribution in [3.05, 3.63) is 0 Å². The lowest BCUT2D eigenvalue weighted by Gasteiger charge is -2.50. The molecule has 4 amide bonds. The molecule has 0 aliphatic carbocycles. The number of carbonyl (C=O) groups excluding carboxylic acids is 4. The maximum Gasteiger partial charge on any atom is 0.217 e. The third-order valence-electron chi connectivity index (χ3n) is 16.1. The number of ether oxygens (including phenoxy) is 13. The molecule has 90 heavy (non-hydrogen) atoms. The number of rotatable bonds is 23. The maximum absolute atomic E-state index is 12.7. The molecule has 0 aromatic heterocycles. The fourth-order valence-electron chi connectivity index (χ4n) is 11.5. The second kappa shape index (κ2) is 32.4. The Bertz CT molecular complexity index is 2310. The summed E-state index contributed by atoms with van der Waals surface area (Å²) in [5, 5.41) is 217. The summed E-state index contributed by atoms with van der Waals surface area (Å²) in [5.74, 6) is -3.24. The van der Waals surface area contributed by atoms with Gasteiger partial charge in [-0.25, -0.2) is 0 Å². The average molecular weight is 1320 g/mol. The van der Waals surface area contributed by atoms with Crippen LogP contribution >= 0.6 is 0 Å². The molecule has 7 heterocycles. The number of hydrogen-bond acceptors (Lipinski definition) is 36. The van der Waals surface area contributed by atoms with Gasteiger partial charge in [-0.2, -0.15) is 0 Å². The summed E-state index contributed by atoms with van der Waals surface area (Å²) in [6.45, 7) is -2.80. The van der Waals surface area contributed by atoms with Gasteiger partial charge in [0, 0.05) is 27.7 Å². The van der Waals surface area contributed by atoms with Gasteiger partial charge in [-0.05, 0) is 0 Å². The molecule has 0 radical (unpaired) electrons. The summed E-state index contributed by atoms with van der Waals surface area (Å²) in [6, 6.07) is -6.76. The monoisotopic (exact) mass is 1320 g/mol. The van der Waals surface area contributed by atoms with Crippen molar-refractivity contribution in [1.29, 1.82) is 0 Å². The summed E-state index contributed by atoms with van der Waals surface area (Å²) < 4.78 is 75.9. The molecule has 0 unspecified atom stereocenters. The van der Waals surface area contributed by atoms with Gasteiger partial charge in [0.1, 0.15) is 171 Å². The Balaban J connectivity index is 1.10. The Kier molecular flexibility index (Phi) is 26.6. The molecule has 0 aromatic rings. The number of carbonyl (C=O) groups is 4. The van der Waals surface area contributed by atoms with Crippen LogP contribution in [0.1, 0.15) is 27.7 Å². The minimum atomic E-state index is -2.33. The topological polar surface area (TPSA) is 621 Å². The van der Waals surface area contributed by atoms with Crippen LogP contribution in [-0.2, 0) is 80.8 Å². The maximum atomic E-state index is 12.7. The van der Waals surface area contributed by atoms with Crippen molar-refractivity contribution in [3.63, 3.8) is 0 Å². The normalized spacial score (nSPS) is 47.6. The average Bonchev–Trinajstić information content (AvgIpc) is 0.835. The van der Waals surface area contributed by atoms with Crippen molar-refractivity contribution in [2.24, 2.45) is 0 Å². The number of aliphatic hydroxyl groups excluding tert-OH is 19. The van der Waals surface area contributed by atoms with E-state index in [1.165, 1.54) is 0 Å². The van der Waals surface area contributed by atoms with Crippen molar-refractivity contribution in [2.75, 3.05) is 46.2 Å². The molecule has 7 aliphatic heterocycles. The van der Waals surface area contributed by atoms with E-state index in [4.69, 9.17) is 61.6 Å². The Labute approximate surface area is 510 Å². The van der Waals surface area contributed by atoms with Crippen LogP contribution in [0.4, 0.5) is 0 Å². The molecule has 7 aliphatic rings. The smallest absolute Gasteiger partial charge is 0.217 e. The highest BCUT2D eigenvalue weighted by atomic mass is 16.8. The first kappa shape index (κ1) is 74.0. The van der Waals surface area contributed by atoms with Gasteiger partial charge >= 0.3 is 0 Å². The van der Waals surface area contributed by atoms with E-state index in [1.807, 2.05) is 0 Å². The van der Waals surface area contributed by atoms with E-state index >= 15 is 0 Å². The van der Waals surface area contributed by atoms with E-state index in [0.29, 0.717) is 0 Å². The standard InChI is InChI=1S/C50H84N4O36/c1-12(61)51-23-32(70)27(65)16(5-55)80-45(23)86-39-20(9-59)84-47(25(34(39)72)53-14(3)63)89-42-36(74)29(67)18(7-57)82-49(42)78-11-22-31(69)41(38(76)44(77)79-22)88-50-43(37(75)30(68)19(8-58)83-50)90-48-26(54-15(4)64)35(73)40(21(10-60)85-48)87-46-24(52-13(2)62)33(71)28(66)17(6-56)81-46/h16-50,55-60,65-77H,5-11H2,1-4H3,(H,51,61)(H,52,62)(H,53,63)(H,54,64)/t16-,17-,18-,19-,20-,21-,22-,23-,24-,25-,26-,27+,28+,29-,30-,31-,32-,33-,34-,35-,36+,37+,38+,39-,40-,41+,42+,43+,44-,45+,46+,47+,48+,49+,50-/m1/s1. The Morgan fingerprint density at radius 3 is 0.911 bits per heavy atom. The van der Waals surface area contributed by atoms with Crippen molar-refractivity contribution in [2.45, 2.75) is 242 Å². The highest BCUT2D eigenvalue weighted by molar-refractivity contribution is 5.74. The minimum absolute atomic E-state index is 0.750. The third-order valence-corrected chi connectivity index (χ3v) is 16.1. The molecule has 35 atom stereocenters. The van der Waals surface area contributed by atoms with Crippen molar-refractivity contribution < 1.29 is 178 Å². The molecule has 7 rings (SSSR count). The number of amides is 4. The Hall–Kier alpha value is -3.40. The van der Waals surface area contributed by atoms with Crippen LogP contribution in [0.15, 0.2) is 0 Å². The molecule has 23 N–H and O–H groups in total. The van der Waals surface area contributed by atoms with Gasteiger partial charge in [-0.3, -0.25) is 19.2 Å². The van der Waals surface area contributed by atoms with Crippen LogP contribution < -0.4 is 21.3 Å². The van der Waals surface area contributed by atoms with Crippen LogP contribution in [0.25, 0.3) is 0 Å². The molecule has 7 saturated heterocycles. The summed E-state index contributed by atoms with van der Waals surface area (Å²) >= 11 is 0. The lowest BCUT2D eigenvalue weighted by atomic mass is 9.94. The molecular formula is C50H84N4O36. The minimum Gasteiger partial charge on any atom is -0.394 e. The first-order valence-corrected chi connectivity index (χ1v) is 28.6. The molecule has 520 valence electrons. The molecule has 0 spiro atoms. The first-order chi connectivity index (χ1) is 42.5. The number of nitrogens with one attached hydrogen (secondary N) is 4. The van der Waals surface area contributed by atoms with Crippen LogP contribution in [0.5, 0.6) is 0 Å². The van der Waals surface area contributed by atoms with E-state index in [0.717, 1.165) is 27.7 Å². The molecular weight excluding hydrogens is 1230 g/mol. The highest BCUT2D eigenvalue weighted by Crippen LogP contribution is 2.37. The SMILES string of the molecule is CC(=O)N[C@H]1[C@H](O[C@@H]2[C@@H](OC[C@H]3O[C@@H](O)[C@@H](O)[C@@H](O[C@H]4O[C@H](CO)[C@@H](O)[C@H](O)[C@@H]4O[C@@H]4O[C@H](CO)[C@@H](O[C@@H]5O[C@H](CO)[C@H](O)[C@H](O)[C@H]5NC(C)=O)[C@H](O)[C@H]4NC(C)=O)[C@@H]3O)O[C@H](CO)[C@@H](O)[C@@H]2O)O[C@H](CO)[C@@H](O[C@@H]2O[C@H](CO)[C@H](O)[C@H](O)[C@H]2NC(C)=O)[C@@H]1O. The summed E-state index contributed by atoms with van der Waals surface area (Å²) in [5.41, 5.74) is 0. The number of aliphatic hydroxyl groups is 19. The van der Waals surface area contributed by atoms with Crippen LogP contribution in [0, 0.1) is 0 Å². The van der Waals surface area contributed by atoms with Gasteiger partial charge < -0.3 is 180 Å². The highest BCUT2D eigenvalue weighted by Gasteiger charge is 2.59. The molecule has 40 heteroatoms. The van der Waals surface area contributed by atoms with Gasteiger partial charge in [-0.1, -0.05) is 0 Å². The van der Waals surface area contributed by atoms with Gasteiger partial charge in [-0.15, -0.1) is 0 Å². The van der Waals surface area contributed by atoms with Gasteiger partial charge in [0.15, 0.2) is 44.0 Å². The van der Waals surface area contributed by atoms with Crippen molar-refractivity contribution in [3.8, 4) is 0 Å². The second-order valence-electron chi connectivity index (χ2n) is 22.5. The molecule has 0 bridgehead atoms. The van der Waals surface area contributed by atoms with Crippen LogP contribution in [0.3, 0.4) is 0 Å². The zero-order valence-electron chi connectivity index (χ0n) is 48.6. The molecule has 7 fully saturated rings. The van der Waals surface area contributed by atoms with Crippen LogP contribution in [0.2, 0.25) is 0 Å². The molecule has 0 saturated carbocycles. The van der Waals surface area contributed by atoms with Gasteiger partial charge in [0.05, 0.1) is 46.2 Å². The predicted octanol–water partition coefficient (Wildman–Crippen LogP) is -15.7. The first-order valence-electron chi connectivity index (χ1n) is 28.6. The molecule has 0 aromatic carbocycles. The Morgan fingerprint density at radius 1 is 0.289 bits per heavy atom. The van der Waals surface area contributed by atoms with Crippen LogP contribution in [-0.4, -0.2) is 382 Å². The Morgan fingerprint density at radius 2 is 0.567 bits per heavy atom. The van der Waals surface area contributed by atoms with E-state index in [-0.39, 0.29) is 0 Å². The van der Waals surface area contributed by atoms with Crippen molar-refractivity contribution in [1.82, 2.24) is 21.3 Å². The zero-order chi connectivity index (χ0) is 66.5. The molecule has 40 nitrogen and oxygen atoms in total. The predicted molar refractivity (Wildman–Crippen MR) is 278 cm³/mol. The fraction of sp³-hybridized carbons (Fsp3) is 0.920. The summed E-state index contributed by atoms with van der Waals surface area (Å²) in [7, 11) is 0. The summed E-state index contributed by atoms with van der Waals surface area (Å²) in [6.07, 6.45) is -60.1. The lowest BCUT2D eigenvalue weighted by Crippen LogP contribution is -2.70.